The highest BCUT2D eigenvalue weighted by atomic mass is 32.1. The standard InChI is InChI=1S/C11H12N4O2S/c1-7-9(4-3-5-10(7)15(16)17)6-12-11-14-13-8(2)18-11/h3-5H,6H2,1-2H3,(H,12,14). The van der Waals surface area contributed by atoms with Crippen LogP contribution in [0.2, 0.25) is 0 Å². The SMILES string of the molecule is Cc1nnc(NCc2cccc([N+](=O)[O-])c2C)s1. The smallest absolute Gasteiger partial charge is 0.272 e. The van der Waals surface area contributed by atoms with E-state index in [0.717, 1.165) is 15.7 Å². The zero-order chi connectivity index (χ0) is 13.1. The molecule has 2 rings (SSSR count). The molecule has 6 nitrogen and oxygen atoms in total. The van der Waals surface area contributed by atoms with Crippen LogP contribution in [0.15, 0.2) is 18.2 Å². The summed E-state index contributed by atoms with van der Waals surface area (Å²) in [5, 5.41) is 23.4. The summed E-state index contributed by atoms with van der Waals surface area (Å²) in [4.78, 5) is 10.4. The number of nitro benzene ring substituents is 1. The molecule has 0 saturated heterocycles. The van der Waals surface area contributed by atoms with Crippen molar-refractivity contribution in [3.05, 3.63) is 44.4 Å². The molecule has 1 N–H and O–H groups in total. The second-order valence-electron chi connectivity index (χ2n) is 3.80. The van der Waals surface area contributed by atoms with Crippen LogP contribution in [0.4, 0.5) is 10.8 Å². The molecule has 18 heavy (non-hydrogen) atoms. The van der Waals surface area contributed by atoms with Crippen LogP contribution in [0.3, 0.4) is 0 Å². The molecule has 1 aromatic heterocycles. The fourth-order valence-electron chi connectivity index (χ4n) is 1.60. The van der Waals surface area contributed by atoms with Gasteiger partial charge in [-0.15, -0.1) is 10.2 Å². The topological polar surface area (TPSA) is 81.0 Å². The molecule has 0 aliphatic carbocycles. The highest BCUT2D eigenvalue weighted by Crippen LogP contribution is 2.22. The number of nitro groups is 1. The van der Waals surface area contributed by atoms with E-state index in [1.807, 2.05) is 13.0 Å². The largest absolute Gasteiger partial charge is 0.356 e. The molecule has 1 aromatic carbocycles. The third-order valence-corrected chi connectivity index (χ3v) is 3.37. The molecule has 0 unspecified atom stereocenters. The van der Waals surface area contributed by atoms with Crippen molar-refractivity contribution < 1.29 is 4.92 Å². The van der Waals surface area contributed by atoms with Gasteiger partial charge in [-0.3, -0.25) is 10.1 Å². The predicted octanol–water partition coefficient (Wildman–Crippen LogP) is 2.68. The minimum atomic E-state index is -0.367. The van der Waals surface area contributed by atoms with E-state index in [-0.39, 0.29) is 10.6 Å². The molecule has 0 amide bonds. The number of hydrogen-bond donors (Lipinski definition) is 1. The number of benzene rings is 1. The molecule has 94 valence electrons. The van der Waals surface area contributed by atoms with Crippen molar-refractivity contribution in [2.75, 3.05) is 5.32 Å². The van der Waals surface area contributed by atoms with E-state index in [9.17, 15) is 10.1 Å². The van der Waals surface area contributed by atoms with Crippen molar-refractivity contribution in [1.82, 2.24) is 10.2 Å². The highest BCUT2D eigenvalue weighted by Gasteiger charge is 2.13. The van der Waals surface area contributed by atoms with Crippen LogP contribution in [0.5, 0.6) is 0 Å². The van der Waals surface area contributed by atoms with Crippen LogP contribution in [0.1, 0.15) is 16.1 Å². The quantitative estimate of drug-likeness (QED) is 0.678. The molecular weight excluding hydrogens is 252 g/mol. The van der Waals surface area contributed by atoms with Gasteiger partial charge < -0.3 is 5.32 Å². The minimum Gasteiger partial charge on any atom is -0.356 e. The van der Waals surface area contributed by atoms with Crippen molar-refractivity contribution >= 4 is 22.2 Å². The summed E-state index contributed by atoms with van der Waals surface area (Å²) in [7, 11) is 0. The molecule has 1 heterocycles. The van der Waals surface area contributed by atoms with E-state index >= 15 is 0 Å². The number of aromatic nitrogens is 2. The van der Waals surface area contributed by atoms with Crippen LogP contribution >= 0.6 is 11.3 Å². The number of rotatable bonds is 4. The third kappa shape index (κ3) is 2.62. The average molecular weight is 264 g/mol. The van der Waals surface area contributed by atoms with Gasteiger partial charge in [-0.2, -0.15) is 0 Å². The first-order valence-electron chi connectivity index (χ1n) is 5.35. The van der Waals surface area contributed by atoms with Crippen LogP contribution in [-0.2, 0) is 6.54 Å². The van der Waals surface area contributed by atoms with Gasteiger partial charge in [0.05, 0.1) is 4.92 Å². The molecule has 0 saturated carbocycles. The predicted molar refractivity (Wildman–Crippen MR) is 69.8 cm³/mol. The number of aryl methyl sites for hydroxylation is 1. The summed E-state index contributed by atoms with van der Waals surface area (Å²) < 4.78 is 0. The lowest BCUT2D eigenvalue weighted by atomic mass is 10.1. The highest BCUT2D eigenvalue weighted by molar-refractivity contribution is 7.15. The minimum absolute atomic E-state index is 0.141. The fourth-order valence-corrected chi connectivity index (χ4v) is 2.19. The maximum atomic E-state index is 10.8. The van der Waals surface area contributed by atoms with Crippen molar-refractivity contribution in [3.8, 4) is 0 Å². The Morgan fingerprint density at radius 3 is 2.78 bits per heavy atom. The number of hydrogen-bond acceptors (Lipinski definition) is 6. The molecule has 0 bridgehead atoms. The Kier molecular flexibility index (Phi) is 3.52. The van der Waals surface area contributed by atoms with E-state index in [2.05, 4.69) is 15.5 Å². The van der Waals surface area contributed by atoms with Gasteiger partial charge in [-0.05, 0) is 19.4 Å². The second kappa shape index (κ2) is 5.09. The van der Waals surface area contributed by atoms with Crippen LogP contribution in [0, 0.1) is 24.0 Å². The van der Waals surface area contributed by atoms with Gasteiger partial charge in [-0.25, -0.2) is 0 Å². The van der Waals surface area contributed by atoms with Crippen LogP contribution in [0.25, 0.3) is 0 Å². The zero-order valence-electron chi connectivity index (χ0n) is 10.0. The van der Waals surface area contributed by atoms with Gasteiger partial charge in [0.15, 0.2) is 0 Å². The Morgan fingerprint density at radius 2 is 2.17 bits per heavy atom. The van der Waals surface area contributed by atoms with E-state index < -0.39 is 0 Å². The summed E-state index contributed by atoms with van der Waals surface area (Å²) >= 11 is 1.46. The molecule has 0 aliphatic heterocycles. The van der Waals surface area contributed by atoms with Gasteiger partial charge in [0.1, 0.15) is 5.01 Å². The number of nitrogens with zero attached hydrogens (tertiary/aromatic N) is 3. The van der Waals surface area contributed by atoms with Crippen molar-refractivity contribution in [1.29, 1.82) is 0 Å². The normalized spacial score (nSPS) is 10.3. The summed E-state index contributed by atoms with van der Waals surface area (Å²) in [5.74, 6) is 0. The maximum Gasteiger partial charge on any atom is 0.272 e. The molecule has 2 aromatic rings. The Balaban J connectivity index is 2.14. The van der Waals surface area contributed by atoms with E-state index in [4.69, 9.17) is 0 Å². The lowest BCUT2D eigenvalue weighted by Gasteiger charge is -2.06. The maximum absolute atomic E-state index is 10.8. The first-order valence-corrected chi connectivity index (χ1v) is 6.16. The molecule has 0 spiro atoms. The van der Waals surface area contributed by atoms with Crippen molar-refractivity contribution in [2.24, 2.45) is 0 Å². The van der Waals surface area contributed by atoms with Gasteiger partial charge in [0, 0.05) is 18.2 Å². The Morgan fingerprint density at radius 1 is 1.39 bits per heavy atom. The molecule has 7 heteroatoms. The average Bonchev–Trinajstić information content (AvgIpc) is 2.73. The Bertz CT molecular complexity index is 582. The molecule has 0 atom stereocenters. The van der Waals surface area contributed by atoms with Crippen LogP contribution < -0.4 is 5.32 Å². The van der Waals surface area contributed by atoms with Gasteiger partial charge in [-0.1, -0.05) is 23.5 Å². The van der Waals surface area contributed by atoms with Gasteiger partial charge in [0.25, 0.3) is 5.69 Å². The summed E-state index contributed by atoms with van der Waals surface area (Å²) in [6.07, 6.45) is 0. The zero-order valence-corrected chi connectivity index (χ0v) is 10.8. The van der Waals surface area contributed by atoms with Crippen molar-refractivity contribution in [3.63, 3.8) is 0 Å². The lowest BCUT2D eigenvalue weighted by molar-refractivity contribution is -0.385. The van der Waals surface area contributed by atoms with E-state index in [1.165, 1.54) is 17.4 Å². The number of nitrogens with one attached hydrogen (secondary N) is 1. The van der Waals surface area contributed by atoms with Crippen LogP contribution in [-0.4, -0.2) is 15.1 Å². The first-order chi connectivity index (χ1) is 8.58. The molecule has 0 aliphatic rings. The molecular formula is C11H12N4O2S. The summed E-state index contributed by atoms with van der Waals surface area (Å²) in [6, 6.07) is 5.06. The fraction of sp³-hybridized carbons (Fsp3) is 0.273. The molecule has 0 fully saturated rings. The monoisotopic (exact) mass is 264 g/mol. The second-order valence-corrected chi connectivity index (χ2v) is 4.98. The lowest BCUT2D eigenvalue weighted by Crippen LogP contribution is -2.03. The first kappa shape index (κ1) is 12.4. The van der Waals surface area contributed by atoms with E-state index in [1.54, 1.807) is 13.0 Å². The summed E-state index contributed by atoms with van der Waals surface area (Å²) in [5.41, 5.74) is 1.70. The molecule has 0 radical (unpaired) electrons. The van der Waals surface area contributed by atoms with Crippen molar-refractivity contribution in [2.45, 2.75) is 20.4 Å². The van der Waals surface area contributed by atoms with Gasteiger partial charge >= 0.3 is 0 Å². The number of anilines is 1. The third-order valence-electron chi connectivity index (χ3n) is 2.57. The van der Waals surface area contributed by atoms with Gasteiger partial charge in [0.2, 0.25) is 5.13 Å². The van der Waals surface area contributed by atoms with E-state index in [0.29, 0.717) is 12.1 Å². The Labute approximate surface area is 108 Å². The summed E-state index contributed by atoms with van der Waals surface area (Å²) in [6.45, 7) is 4.13. The Hall–Kier alpha value is -2.02.